The molecule has 21 heavy (non-hydrogen) atoms. The number of carbonyl (C=O) groups is 1. The van der Waals surface area contributed by atoms with Gasteiger partial charge in [0, 0.05) is 4.47 Å². The highest BCUT2D eigenvalue weighted by molar-refractivity contribution is 9.10. The van der Waals surface area contributed by atoms with Crippen LogP contribution in [0.1, 0.15) is 21.5 Å². The van der Waals surface area contributed by atoms with E-state index in [1.807, 2.05) is 26.0 Å². The summed E-state index contributed by atoms with van der Waals surface area (Å²) in [5.74, 6) is -0.942. The van der Waals surface area contributed by atoms with E-state index in [-0.39, 0.29) is 11.4 Å². The molecule has 110 valence electrons. The highest BCUT2D eigenvalue weighted by Gasteiger charge is 2.20. The average Bonchev–Trinajstić information content (AvgIpc) is 2.40. The summed E-state index contributed by atoms with van der Waals surface area (Å²) in [4.78, 5) is 28.1. The van der Waals surface area contributed by atoms with Crippen molar-refractivity contribution in [1.82, 2.24) is 9.55 Å². The number of anilines is 1. The number of hydrogen-bond donors (Lipinski definition) is 1. The van der Waals surface area contributed by atoms with Crippen LogP contribution < -0.4 is 11.3 Å². The van der Waals surface area contributed by atoms with E-state index in [1.54, 1.807) is 0 Å². The second-order valence-corrected chi connectivity index (χ2v) is 5.48. The van der Waals surface area contributed by atoms with Gasteiger partial charge in [0.2, 0.25) is 0 Å². The molecule has 0 unspecified atom stereocenters. The van der Waals surface area contributed by atoms with E-state index in [9.17, 15) is 9.59 Å². The molecule has 0 aliphatic carbocycles. The highest BCUT2D eigenvalue weighted by atomic mass is 79.9. The van der Waals surface area contributed by atoms with Crippen molar-refractivity contribution in [2.75, 3.05) is 12.8 Å². The van der Waals surface area contributed by atoms with Crippen LogP contribution in [0, 0.1) is 13.8 Å². The number of methoxy groups -OCH3 is 1. The van der Waals surface area contributed by atoms with Crippen LogP contribution in [-0.4, -0.2) is 22.6 Å². The van der Waals surface area contributed by atoms with Crippen LogP contribution >= 0.6 is 15.9 Å². The van der Waals surface area contributed by atoms with E-state index in [0.717, 1.165) is 15.6 Å². The van der Waals surface area contributed by atoms with Crippen LogP contribution in [0.4, 0.5) is 5.82 Å². The van der Waals surface area contributed by atoms with Crippen molar-refractivity contribution in [2.45, 2.75) is 13.8 Å². The molecule has 1 heterocycles. The molecule has 7 heteroatoms. The largest absolute Gasteiger partial charge is 0.465 e. The van der Waals surface area contributed by atoms with Crippen molar-refractivity contribution >= 4 is 27.7 Å². The first-order valence-electron chi connectivity index (χ1n) is 6.09. The van der Waals surface area contributed by atoms with E-state index < -0.39 is 11.5 Å². The molecule has 1 aromatic heterocycles. The van der Waals surface area contributed by atoms with Crippen molar-refractivity contribution in [3.8, 4) is 5.69 Å². The minimum Gasteiger partial charge on any atom is -0.465 e. The van der Waals surface area contributed by atoms with Crippen molar-refractivity contribution < 1.29 is 9.53 Å². The minimum atomic E-state index is -0.799. The van der Waals surface area contributed by atoms with Crippen molar-refractivity contribution in [3.05, 3.63) is 50.0 Å². The molecule has 0 aliphatic heterocycles. The zero-order chi connectivity index (χ0) is 15.7. The molecule has 0 spiro atoms. The molecule has 0 amide bonds. The summed E-state index contributed by atoms with van der Waals surface area (Å²) < 4.78 is 6.80. The summed E-state index contributed by atoms with van der Waals surface area (Å²) in [6.45, 7) is 3.74. The third-order valence-electron chi connectivity index (χ3n) is 3.09. The summed E-state index contributed by atoms with van der Waals surface area (Å²) >= 11 is 3.40. The number of benzene rings is 1. The van der Waals surface area contributed by atoms with Gasteiger partial charge < -0.3 is 10.5 Å². The van der Waals surface area contributed by atoms with Gasteiger partial charge in [0.15, 0.2) is 5.56 Å². The average molecular weight is 352 g/mol. The highest BCUT2D eigenvalue weighted by Crippen LogP contribution is 2.23. The first-order chi connectivity index (χ1) is 9.86. The third kappa shape index (κ3) is 2.69. The maximum absolute atomic E-state index is 12.5. The number of nitrogens with two attached hydrogens (primary N) is 1. The molecular weight excluding hydrogens is 338 g/mol. The number of hydrogen-bond acceptors (Lipinski definition) is 5. The first kappa shape index (κ1) is 15.2. The van der Waals surface area contributed by atoms with Crippen molar-refractivity contribution in [3.63, 3.8) is 0 Å². The molecule has 6 nitrogen and oxygen atoms in total. The van der Waals surface area contributed by atoms with Gasteiger partial charge >= 0.3 is 5.97 Å². The van der Waals surface area contributed by atoms with Crippen LogP contribution in [0.25, 0.3) is 5.69 Å². The Labute approximate surface area is 129 Å². The minimum absolute atomic E-state index is 0.143. The van der Waals surface area contributed by atoms with Crippen LogP contribution in [-0.2, 0) is 4.74 Å². The van der Waals surface area contributed by atoms with E-state index in [1.165, 1.54) is 18.0 Å². The SMILES string of the molecule is COC(=O)c1c(N)ncn(-c2c(C)cc(Br)cc2C)c1=O. The summed E-state index contributed by atoms with van der Waals surface area (Å²) in [7, 11) is 1.19. The van der Waals surface area contributed by atoms with Gasteiger partial charge in [-0.25, -0.2) is 9.78 Å². The number of ether oxygens (including phenoxy) is 1. The molecule has 0 saturated heterocycles. The van der Waals surface area contributed by atoms with Gasteiger partial charge in [-0.05, 0) is 37.1 Å². The lowest BCUT2D eigenvalue weighted by molar-refractivity contribution is 0.0599. The molecule has 0 saturated carbocycles. The fourth-order valence-corrected chi connectivity index (χ4v) is 2.89. The number of esters is 1. The second kappa shape index (κ2) is 5.69. The maximum Gasteiger partial charge on any atom is 0.347 e. The number of carbonyl (C=O) groups excluding carboxylic acids is 1. The Morgan fingerprint density at radius 3 is 2.43 bits per heavy atom. The summed E-state index contributed by atoms with van der Waals surface area (Å²) in [6, 6.07) is 3.76. The Morgan fingerprint density at radius 2 is 1.90 bits per heavy atom. The van der Waals surface area contributed by atoms with E-state index >= 15 is 0 Å². The summed E-state index contributed by atoms with van der Waals surface area (Å²) in [5.41, 5.74) is 7.20. The van der Waals surface area contributed by atoms with Gasteiger partial charge in [-0.2, -0.15) is 0 Å². The molecule has 2 aromatic rings. The fraction of sp³-hybridized carbons (Fsp3) is 0.214. The first-order valence-corrected chi connectivity index (χ1v) is 6.88. The Bertz CT molecular complexity index is 761. The van der Waals surface area contributed by atoms with Crippen LogP contribution in [0.3, 0.4) is 0 Å². The molecule has 0 aliphatic rings. The smallest absolute Gasteiger partial charge is 0.347 e. The van der Waals surface area contributed by atoms with E-state index in [0.29, 0.717) is 5.69 Å². The molecule has 0 radical (unpaired) electrons. The molecule has 0 atom stereocenters. The molecule has 2 N–H and O–H groups in total. The van der Waals surface area contributed by atoms with Gasteiger partial charge in [0.05, 0.1) is 12.8 Å². The predicted octanol–water partition coefficient (Wildman–Crippen LogP) is 1.98. The zero-order valence-electron chi connectivity index (χ0n) is 11.8. The van der Waals surface area contributed by atoms with Gasteiger partial charge in [-0.3, -0.25) is 9.36 Å². The second-order valence-electron chi connectivity index (χ2n) is 4.56. The molecule has 1 aromatic carbocycles. The van der Waals surface area contributed by atoms with E-state index in [2.05, 4.69) is 25.7 Å². The van der Waals surface area contributed by atoms with Gasteiger partial charge in [0.25, 0.3) is 5.56 Å². The van der Waals surface area contributed by atoms with Crippen molar-refractivity contribution in [2.24, 2.45) is 0 Å². The summed E-state index contributed by atoms with van der Waals surface area (Å²) in [6.07, 6.45) is 1.31. The number of halogens is 1. The van der Waals surface area contributed by atoms with Crippen LogP contribution in [0.5, 0.6) is 0 Å². The van der Waals surface area contributed by atoms with Gasteiger partial charge in [0.1, 0.15) is 12.1 Å². The Balaban J connectivity index is 2.78. The monoisotopic (exact) mass is 351 g/mol. The number of nitrogens with zero attached hydrogens (tertiary/aromatic N) is 2. The lowest BCUT2D eigenvalue weighted by Crippen LogP contribution is -2.29. The predicted molar refractivity (Wildman–Crippen MR) is 82.8 cm³/mol. The lowest BCUT2D eigenvalue weighted by atomic mass is 10.1. The lowest BCUT2D eigenvalue weighted by Gasteiger charge is -2.14. The molecule has 2 rings (SSSR count). The van der Waals surface area contributed by atoms with E-state index in [4.69, 9.17) is 5.73 Å². The molecule has 0 fully saturated rings. The van der Waals surface area contributed by atoms with Crippen LogP contribution in [0.2, 0.25) is 0 Å². The molecule has 0 bridgehead atoms. The normalized spacial score (nSPS) is 10.5. The standard InChI is InChI=1S/C14H14BrN3O3/c1-7-4-9(15)5-8(2)11(7)18-6-17-12(16)10(13(18)19)14(20)21-3/h4-6H,16H2,1-3H3. The summed E-state index contributed by atoms with van der Waals surface area (Å²) in [5, 5.41) is 0. The number of aromatic nitrogens is 2. The number of aryl methyl sites for hydroxylation is 2. The number of rotatable bonds is 2. The maximum atomic E-state index is 12.5. The van der Waals surface area contributed by atoms with Crippen molar-refractivity contribution in [1.29, 1.82) is 0 Å². The molecular formula is C14H14BrN3O3. The van der Waals surface area contributed by atoms with Gasteiger partial charge in [-0.1, -0.05) is 15.9 Å². The van der Waals surface area contributed by atoms with Crippen LogP contribution in [0.15, 0.2) is 27.7 Å². The topological polar surface area (TPSA) is 87.2 Å². The Morgan fingerprint density at radius 1 is 1.33 bits per heavy atom. The fourth-order valence-electron chi connectivity index (χ4n) is 2.20. The quantitative estimate of drug-likeness (QED) is 0.835. The zero-order valence-corrected chi connectivity index (χ0v) is 13.4. The van der Waals surface area contributed by atoms with Gasteiger partial charge in [-0.15, -0.1) is 0 Å². The Kier molecular flexibility index (Phi) is 4.13. The number of nitrogen functional groups attached to an aromatic ring is 1. The Hall–Kier alpha value is -2.15. The third-order valence-corrected chi connectivity index (χ3v) is 3.55.